The van der Waals surface area contributed by atoms with Gasteiger partial charge in [0.25, 0.3) is 0 Å². The number of hydrogen-bond acceptors (Lipinski definition) is 5. The molecule has 1 atom stereocenters. The van der Waals surface area contributed by atoms with Gasteiger partial charge in [-0.1, -0.05) is 17.7 Å². The number of ether oxygens (including phenoxy) is 2. The van der Waals surface area contributed by atoms with Gasteiger partial charge < -0.3 is 18.9 Å². The van der Waals surface area contributed by atoms with Crippen LogP contribution in [-0.4, -0.2) is 41.0 Å². The molecule has 0 amide bonds. The number of alkyl halides is 3. The lowest BCUT2D eigenvalue weighted by Gasteiger charge is -2.30. The third-order valence-electron chi connectivity index (χ3n) is 5.31. The van der Waals surface area contributed by atoms with E-state index in [4.69, 9.17) is 21.1 Å². The van der Waals surface area contributed by atoms with Gasteiger partial charge in [0, 0.05) is 31.3 Å². The molecule has 6 nitrogen and oxygen atoms in total. The Balaban J connectivity index is 1.92. The van der Waals surface area contributed by atoms with Gasteiger partial charge in [-0.25, -0.2) is 9.97 Å². The fraction of sp³-hybridized carbons (Fsp3) is 0.429. The number of anilines is 2. The number of hydrogen-bond donors (Lipinski definition) is 0. The Hall–Kier alpha value is -2.52. The highest BCUT2D eigenvalue weighted by Gasteiger charge is 2.43. The Labute approximate surface area is 182 Å². The first-order valence-electron chi connectivity index (χ1n) is 9.92. The molecule has 1 unspecified atom stereocenters. The van der Waals surface area contributed by atoms with E-state index in [-0.39, 0.29) is 12.2 Å². The molecule has 4 rings (SSSR count). The number of rotatable bonds is 5. The molecule has 3 heterocycles. The van der Waals surface area contributed by atoms with Crippen molar-refractivity contribution in [2.24, 2.45) is 0 Å². The van der Waals surface area contributed by atoms with E-state index in [9.17, 15) is 13.2 Å². The average Bonchev–Trinajstić information content (AvgIpc) is 3.13. The van der Waals surface area contributed by atoms with Gasteiger partial charge in [-0.3, -0.25) is 0 Å². The van der Waals surface area contributed by atoms with Gasteiger partial charge in [0.15, 0.2) is 6.10 Å². The molecule has 1 aliphatic heterocycles. The Morgan fingerprint density at radius 1 is 1.16 bits per heavy atom. The predicted octanol–water partition coefficient (Wildman–Crippen LogP) is 5.58. The first-order chi connectivity index (χ1) is 14.8. The molecule has 0 radical (unpaired) electrons. The predicted molar refractivity (Wildman–Crippen MR) is 112 cm³/mol. The van der Waals surface area contributed by atoms with E-state index in [1.807, 2.05) is 17.9 Å². The van der Waals surface area contributed by atoms with E-state index in [1.165, 1.54) is 12.1 Å². The number of benzene rings is 1. The molecular formula is C21H22ClF3N4O2. The van der Waals surface area contributed by atoms with Crippen molar-refractivity contribution >= 4 is 34.3 Å². The molecule has 0 saturated heterocycles. The molecule has 2 aromatic heterocycles. The third kappa shape index (κ3) is 3.80. The standard InChI is InChI=1S/C21H22ClF3N4O2/c1-4-31-19(21(23,24)25)13-6-7-14(22)17-18(13)29-11-5-10-28(20(29)27-17)15-8-9-16(30-3)26-12(15)2/h6-9,19H,4-5,10-11H2,1-3H3. The van der Waals surface area contributed by atoms with Gasteiger partial charge in [-0.05, 0) is 32.4 Å². The van der Waals surface area contributed by atoms with E-state index in [0.29, 0.717) is 41.0 Å². The zero-order valence-electron chi connectivity index (χ0n) is 17.3. The summed E-state index contributed by atoms with van der Waals surface area (Å²) in [5.41, 5.74) is 2.23. The van der Waals surface area contributed by atoms with E-state index < -0.39 is 12.3 Å². The molecule has 31 heavy (non-hydrogen) atoms. The fourth-order valence-corrected chi connectivity index (χ4v) is 4.22. The number of aryl methyl sites for hydroxylation is 2. The molecule has 0 spiro atoms. The Bertz CT molecular complexity index is 1120. The van der Waals surface area contributed by atoms with Crippen LogP contribution in [0.25, 0.3) is 11.0 Å². The minimum atomic E-state index is -4.56. The highest BCUT2D eigenvalue weighted by Crippen LogP contribution is 2.43. The van der Waals surface area contributed by atoms with Gasteiger partial charge in [-0.15, -0.1) is 0 Å². The summed E-state index contributed by atoms with van der Waals surface area (Å²) in [7, 11) is 1.54. The summed E-state index contributed by atoms with van der Waals surface area (Å²) in [4.78, 5) is 11.0. The van der Waals surface area contributed by atoms with Crippen molar-refractivity contribution in [2.45, 2.75) is 39.1 Å². The van der Waals surface area contributed by atoms with Crippen molar-refractivity contribution in [2.75, 3.05) is 25.2 Å². The average molecular weight is 455 g/mol. The number of fused-ring (bicyclic) bond motifs is 3. The summed E-state index contributed by atoms with van der Waals surface area (Å²) in [6, 6.07) is 6.45. The summed E-state index contributed by atoms with van der Waals surface area (Å²) < 4.78 is 53.5. The van der Waals surface area contributed by atoms with Crippen molar-refractivity contribution < 1.29 is 22.6 Å². The number of nitrogens with zero attached hydrogens (tertiary/aromatic N) is 4. The van der Waals surface area contributed by atoms with Crippen LogP contribution in [0.15, 0.2) is 24.3 Å². The minimum Gasteiger partial charge on any atom is -0.481 e. The maximum absolute atomic E-state index is 13.8. The van der Waals surface area contributed by atoms with Crippen LogP contribution in [0.5, 0.6) is 5.88 Å². The van der Waals surface area contributed by atoms with E-state index in [1.54, 1.807) is 24.7 Å². The lowest BCUT2D eigenvalue weighted by atomic mass is 10.1. The topological polar surface area (TPSA) is 52.4 Å². The van der Waals surface area contributed by atoms with Crippen molar-refractivity contribution in [3.8, 4) is 5.88 Å². The minimum absolute atomic E-state index is 0.0129. The Morgan fingerprint density at radius 2 is 1.94 bits per heavy atom. The molecule has 166 valence electrons. The number of pyridine rings is 1. The number of aromatic nitrogens is 3. The Morgan fingerprint density at radius 3 is 2.58 bits per heavy atom. The number of methoxy groups -OCH3 is 1. The highest BCUT2D eigenvalue weighted by molar-refractivity contribution is 6.35. The van der Waals surface area contributed by atoms with Crippen LogP contribution in [-0.2, 0) is 11.3 Å². The molecule has 0 fully saturated rings. The highest BCUT2D eigenvalue weighted by atomic mass is 35.5. The zero-order chi connectivity index (χ0) is 22.3. The third-order valence-corrected chi connectivity index (χ3v) is 5.61. The van der Waals surface area contributed by atoms with Crippen LogP contribution >= 0.6 is 11.6 Å². The lowest BCUT2D eigenvalue weighted by Crippen LogP contribution is -2.29. The fourth-order valence-electron chi connectivity index (χ4n) is 4.02. The first-order valence-corrected chi connectivity index (χ1v) is 10.3. The summed E-state index contributed by atoms with van der Waals surface area (Å²) in [5, 5.41) is 0.294. The number of halogens is 4. The maximum Gasteiger partial charge on any atom is 0.418 e. The number of imidazole rings is 1. The molecule has 0 N–H and O–H groups in total. The summed E-state index contributed by atoms with van der Waals surface area (Å²) >= 11 is 6.36. The van der Waals surface area contributed by atoms with Gasteiger partial charge >= 0.3 is 6.18 Å². The van der Waals surface area contributed by atoms with E-state index >= 15 is 0 Å². The molecule has 1 aliphatic rings. The van der Waals surface area contributed by atoms with Crippen LogP contribution in [0.3, 0.4) is 0 Å². The summed E-state index contributed by atoms with van der Waals surface area (Å²) in [6.07, 6.45) is -5.90. The Kier molecular flexibility index (Phi) is 5.74. The monoisotopic (exact) mass is 454 g/mol. The molecule has 10 heteroatoms. The molecule has 0 bridgehead atoms. The van der Waals surface area contributed by atoms with Gasteiger partial charge in [-0.2, -0.15) is 13.2 Å². The largest absolute Gasteiger partial charge is 0.481 e. The van der Waals surface area contributed by atoms with Crippen LogP contribution in [0.2, 0.25) is 5.02 Å². The van der Waals surface area contributed by atoms with Gasteiger partial charge in [0.1, 0.15) is 5.52 Å². The zero-order valence-corrected chi connectivity index (χ0v) is 18.1. The van der Waals surface area contributed by atoms with Gasteiger partial charge in [0.2, 0.25) is 11.8 Å². The van der Waals surface area contributed by atoms with Crippen LogP contribution in [0.1, 0.15) is 30.7 Å². The first kappa shape index (κ1) is 21.7. The van der Waals surface area contributed by atoms with Crippen molar-refractivity contribution in [3.05, 3.63) is 40.5 Å². The molecule has 0 aliphatic carbocycles. The smallest absolute Gasteiger partial charge is 0.418 e. The second-order valence-electron chi connectivity index (χ2n) is 7.24. The van der Waals surface area contributed by atoms with Crippen molar-refractivity contribution in [1.29, 1.82) is 0 Å². The van der Waals surface area contributed by atoms with Crippen LogP contribution in [0.4, 0.5) is 24.8 Å². The second kappa shape index (κ2) is 8.20. The summed E-state index contributed by atoms with van der Waals surface area (Å²) in [5.74, 6) is 1.02. The van der Waals surface area contributed by atoms with Gasteiger partial charge in [0.05, 0.1) is 29.0 Å². The quantitative estimate of drug-likeness (QED) is 0.503. The molecule has 3 aromatic rings. The maximum atomic E-state index is 13.8. The van der Waals surface area contributed by atoms with E-state index in [0.717, 1.165) is 17.8 Å². The van der Waals surface area contributed by atoms with E-state index in [2.05, 4.69) is 9.97 Å². The normalized spacial score (nSPS) is 15.3. The molecule has 1 aromatic carbocycles. The summed E-state index contributed by atoms with van der Waals surface area (Å²) in [6.45, 7) is 4.50. The second-order valence-corrected chi connectivity index (χ2v) is 7.64. The molecule has 0 saturated carbocycles. The van der Waals surface area contributed by atoms with Crippen LogP contribution < -0.4 is 9.64 Å². The SMILES string of the molecule is CCOC(c1ccc(Cl)c2nc3n(c12)CCCN3c1ccc(OC)nc1C)C(F)(F)F. The van der Waals surface area contributed by atoms with Crippen LogP contribution in [0, 0.1) is 6.92 Å². The lowest BCUT2D eigenvalue weighted by molar-refractivity contribution is -0.222. The van der Waals surface area contributed by atoms with Crippen molar-refractivity contribution in [3.63, 3.8) is 0 Å². The molecular weight excluding hydrogens is 433 g/mol. The van der Waals surface area contributed by atoms with Crippen molar-refractivity contribution in [1.82, 2.24) is 14.5 Å².